The largest absolute Gasteiger partial charge is 0.230 e. The molecular formula is C16H32O4. The highest BCUT2D eigenvalue weighted by Gasteiger charge is 2.25. The van der Waals surface area contributed by atoms with Crippen molar-refractivity contribution >= 4 is 0 Å². The van der Waals surface area contributed by atoms with Gasteiger partial charge in [0.1, 0.15) is 11.2 Å². The molecule has 0 rings (SSSR count). The van der Waals surface area contributed by atoms with E-state index in [0.29, 0.717) is 0 Å². The molecule has 0 heterocycles. The Kier molecular flexibility index (Phi) is 5.79. The maximum Gasteiger partial charge on any atom is 0.116 e. The molecule has 0 radical (unpaired) electrons. The van der Waals surface area contributed by atoms with Gasteiger partial charge in [0, 0.05) is 0 Å². The molecule has 20 heavy (non-hydrogen) atoms. The van der Waals surface area contributed by atoms with Crippen molar-refractivity contribution in [3.63, 3.8) is 0 Å². The maximum atomic E-state index is 8.19. The van der Waals surface area contributed by atoms with E-state index in [1.54, 1.807) is 19.9 Å². The molecule has 0 aliphatic heterocycles. The second kappa shape index (κ2) is 6.56. The van der Waals surface area contributed by atoms with E-state index in [9.17, 15) is 0 Å². The van der Waals surface area contributed by atoms with Gasteiger partial charge in [-0.05, 0) is 69.2 Å². The minimum atomic E-state index is -0.879. The van der Waals surface area contributed by atoms with Gasteiger partial charge >= 0.3 is 0 Å². The number of rotatable bonds is 6. The smallest absolute Gasteiger partial charge is 0.116 e. The van der Waals surface area contributed by atoms with Crippen LogP contribution in [0.3, 0.4) is 0 Å². The van der Waals surface area contributed by atoms with Crippen LogP contribution in [-0.2, 0) is 19.6 Å². The average molecular weight is 289 g/mol. The van der Waals surface area contributed by atoms with Crippen molar-refractivity contribution in [1.82, 2.24) is 0 Å². The first kappa shape index (κ1) is 17.6. The predicted octanol–water partition coefficient (Wildman–Crippen LogP) is 4.59. The lowest BCUT2D eigenvalue weighted by Gasteiger charge is -2.29. The van der Waals surface area contributed by atoms with E-state index in [2.05, 4.69) is 0 Å². The van der Waals surface area contributed by atoms with E-state index in [-0.39, 0.29) is 6.05 Å². The van der Waals surface area contributed by atoms with Gasteiger partial charge in [0.2, 0.25) is 0 Å². The van der Waals surface area contributed by atoms with Crippen LogP contribution in [0.1, 0.15) is 70.6 Å². The molecule has 4 nitrogen and oxygen atoms in total. The summed E-state index contributed by atoms with van der Waals surface area (Å²) in [5, 5.41) is 0. The van der Waals surface area contributed by atoms with Crippen LogP contribution in [0.25, 0.3) is 0 Å². The summed E-state index contributed by atoms with van der Waals surface area (Å²) in [7, 11) is 0. The monoisotopic (exact) mass is 289 g/mol. The minimum Gasteiger partial charge on any atom is -0.230 e. The topological polar surface area (TPSA) is 36.9 Å². The predicted molar refractivity (Wildman–Crippen MR) is 81.1 cm³/mol. The third-order valence-electron chi connectivity index (χ3n) is 1.77. The zero-order valence-electron chi connectivity index (χ0n) is 15.7. The van der Waals surface area contributed by atoms with Crippen LogP contribution >= 0.6 is 0 Å². The molecule has 0 bridgehead atoms. The summed E-state index contributed by atoms with van der Waals surface area (Å²) < 4.78 is 8.19. The zero-order chi connectivity index (χ0) is 17.1. The summed E-state index contributed by atoms with van der Waals surface area (Å²) in [4.78, 5) is 21.4. The third kappa shape index (κ3) is 11.4. The molecule has 0 spiro atoms. The van der Waals surface area contributed by atoms with Crippen molar-refractivity contribution in [2.45, 2.75) is 91.6 Å². The molecule has 0 amide bonds. The molecule has 0 aromatic rings. The van der Waals surface area contributed by atoms with Crippen molar-refractivity contribution in [2.24, 2.45) is 0 Å². The maximum absolute atomic E-state index is 8.19. The minimum absolute atomic E-state index is 0.259. The quantitative estimate of drug-likeness (QED) is 0.407. The first-order chi connectivity index (χ1) is 9.04. The van der Waals surface area contributed by atoms with Crippen molar-refractivity contribution < 1.29 is 20.9 Å². The molecule has 0 fully saturated rings. The standard InChI is InChI=1S/C16H32O4/c1-13(2,3)17-19-15(7,8)11-12-16(9,10)20-18-14(4,5)6/h11-12H,1-10H3/i11D. The molecule has 0 aromatic heterocycles. The Bertz CT molecular complexity index is 359. The molecule has 0 saturated heterocycles. The fourth-order valence-corrected chi connectivity index (χ4v) is 0.857. The summed E-state index contributed by atoms with van der Waals surface area (Å²) in [6, 6.07) is 0.259. The van der Waals surface area contributed by atoms with Gasteiger partial charge in [-0.15, -0.1) is 0 Å². The Balaban J connectivity index is 4.82. The Hall–Kier alpha value is -0.420. The zero-order valence-corrected chi connectivity index (χ0v) is 14.7. The van der Waals surface area contributed by atoms with Gasteiger partial charge < -0.3 is 0 Å². The fraction of sp³-hybridized carbons (Fsp3) is 0.875. The Morgan fingerprint density at radius 3 is 1.30 bits per heavy atom. The third-order valence-corrected chi connectivity index (χ3v) is 1.77. The number of hydrogen-bond donors (Lipinski definition) is 0. The van der Waals surface area contributed by atoms with Gasteiger partial charge in [0.15, 0.2) is 0 Å². The molecule has 4 heteroatoms. The van der Waals surface area contributed by atoms with Crippen LogP contribution in [0, 0.1) is 0 Å². The van der Waals surface area contributed by atoms with Gasteiger partial charge in [-0.25, -0.2) is 19.6 Å². The lowest BCUT2D eigenvalue weighted by molar-refractivity contribution is -0.390. The van der Waals surface area contributed by atoms with Crippen molar-refractivity contribution in [2.75, 3.05) is 0 Å². The molecule has 0 unspecified atom stereocenters. The van der Waals surface area contributed by atoms with Crippen molar-refractivity contribution in [3.8, 4) is 0 Å². The van der Waals surface area contributed by atoms with Crippen LogP contribution in [0.5, 0.6) is 0 Å². The fourth-order valence-electron chi connectivity index (χ4n) is 0.857. The van der Waals surface area contributed by atoms with Gasteiger partial charge in [-0.3, -0.25) is 0 Å². The van der Waals surface area contributed by atoms with Crippen LogP contribution < -0.4 is 0 Å². The summed E-state index contributed by atoms with van der Waals surface area (Å²) in [5.74, 6) is 0. The highest BCUT2D eigenvalue weighted by Crippen LogP contribution is 2.22. The molecule has 0 atom stereocenters. The SMILES string of the molecule is [2H]C(=CC(C)(C)OOC(C)(C)C)C(C)(C)OOC(C)(C)C. The average Bonchev–Trinajstić information content (AvgIpc) is 2.22. The lowest BCUT2D eigenvalue weighted by atomic mass is 10.0. The number of hydrogen-bond acceptors (Lipinski definition) is 4. The Morgan fingerprint density at radius 2 is 0.950 bits per heavy atom. The van der Waals surface area contributed by atoms with Gasteiger partial charge in [0.25, 0.3) is 0 Å². The molecular weight excluding hydrogens is 256 g/mol. The highest BCUT2D eigenvalue weighted by atomic mass is 17.2. The molecule has 120 valence electrons. The van der Waals surface area contributed by atoms with E-state index in [0.717, 1.165) is 0 Å². The summed E-state index contributed by atoms with van der Waals surface area (Å²) in [6.45, 7) is 18.6. The lowest BCUT2D eigenvalue weighted by Crippen LogP contribution is -2.32. The molecule has 0 aliphatic rings. The first-order valence-corrected chi connectivity index (χ1v) is 6.98. The van der Waals surface area contributed by atoms with Crippen LogP contribution in [0.4, 0.5) is 0 Å². The van der Waals surface area contributed by atoms with E-state index >= 15 is 0 Å². The Labute approximate surface area is 125 Å². The van der Waals surface area contributed by atoms with Crippen molar-refractivity contribution in [3.05, 3.63) is 12.1 Å². The summed E-state index contributed by atoms with van der Waals surface area (Å²) in [6.07, 6.45) is 1.66. The van der Waals surface area contributed by atoms with E-state index < -0.39 is 22.4 Å². The molecule has 0 saturated carbocycles. The Morgan fingerprint density at radius 1 is 0.600 bits per heavy atom. The van der Waals surface area contributed by atoms with Gasteiger partial charge in [-0.1, -0.05) is 12.1 Å². The van der Waals surface area contributed by atoms with Crippen molar-refractivity contribution in [1.29, 1.82) is 0 Å². The second-order valence-corrected chi connectivity index (χ2v) is 7.96. The normalized spacial score (nSPS) is 16.3. The molecule has 0 aliphatic carbocycles. The summed E-state index contributed by atoms with van der Waals surface area (Å²) >= 11 is 0. The highest BCUT2D eigenvalue weighted by molar-refractivity contribution is 5.04. The van der Waals surface area contributed by atoms with Gasteiger partial charge in [-0.2, -0.15) is 0 Å². The van der Waals surface area contributed by atoms with Gasteiger partial charge in [0.05, 0.1) is 12.6 Å². The second-order valence-electron chi connectivity index (χ2n) is 7.96. The van der Waals surface area contributed by atoms with Crippen LogP contribution in [0.15, 0.2) is 12.1 Å². The van der Waals surface area contributed by atoms with E-state index in [1.807, 2.05) is 55.4 Å². The first-order valence-electron chi connectivity index (χ1n) is 7.48. The van der Waals surface area contributed by atoms with E-state index in [1.165, 1.54) is 0 Å². The summed E-state index contributed by atoms with van der Waals surface area (Å²) in [5.41, 5.74) is -2.46. The van der Waals surface area contributed by atoms with E-state index in [4.69, 9.17) is 20.9 Å². The van der Waals surface area contributed by atoms with Crippen LogP contribution in [-0.4, -0.2) is 22.4 Å². The molecule has 0 N–H and O–H groups in total. The van der Waals surface area contributed by atoms with Crippen LogP contribution in [0.2, 0.25) is 0 Å². The molecule has 0 aromatic carbocycles.